The molecule has 0 amide bonds. The Hall–Kier alpha value is -2.76. The van der Waals surface area contributed by atoms with E-state index in [-0.39, 0.29) is 33.9 Å². The Labute approximate surface area is 233 Å². The van der Waals surface area contributed by atoms with E-state index in [1.54, 1.807) is 18.2 Å². The van der Waals surface area contributed by atoms with Gasteiger partial charge in [0.1, 0.15) is 35.9 Å². The van der Waals surface area contributed by atoms with E-state index in [1.165, 1.54) is 7.11 Å². The highest BCUT2D eigenvalue weighted by Gasteiger charge is 2.48. The van der Waals surface area contributed by atoms with Crippen LogP contribution >= 0.6 is 0 Å². The molecule has 1 fully saturated rings. The number of carbonyl (C=O) groups is 2. The first-order valence-corrected chi connectivity index (χ1v) is 13.6. The lowest BCUT2D eigenvalue weighted by Gasteiger charge is -2.42. The number of ether oxygens (including phenoxy) is 4. The van der Waals surface area contributed by atoms with Crippen LogP contribution in [-0.2, 0) is 19.1 Å². The number of methoxy groups -OCH3 is 1. The number of rotatable bonds is 5. The summed E-state index contributed by atoms with van der Waals surface area (Å²) in [6, 6.07) is 5.00. The SMILES string of the molecule is COc1cc(C2C3=C(CC(C)(C)CC3=O)OC3=C2C(=O)CC(C)(C)C3)ccc1O[C@@H]1OC(CO)[C@@H](O)[C@H](O)C1O. The molecule has 1 aromatic carbocycles. The summed E-state index contributed by atoms with van der Waals surface area (Å²) < 4.78 is 23.2. The standard InChI is InChI=1S/C30H38O10/c1-29(2)9-15(32)23-19(11-29)38-20-12-30(3,4)10-16(33)24(20)22(23)14-6-7-17(18(8-14)37-5)39-28-27(36)26(35)25(34)21(13-31)40-28/h6-8,21-22,25-28,31,34-36H,9-13H2,1-5H3/t21?,25-,26+,27?,28-/m1/s1. The summed E-state index contributed by atoms with van der Waals surface area (Å²) in [4.78, 5) is 27.1. The first-order valence-electron chi connectivity index (χ1n) is 13.6. The zero-order valence-electron chi connectivity index (χ0n) is 23.5. The molecule has 0 bridgehead atoms. The van der Waals surface area contributed by atoms with E-state index in [0.29, 0.717) is 53.9 Å². The monoisotopic (exact) mass is 558 g/mol. The van der Waals surface area contributed by atoms with E-state index < -0.39 is 43.2 Å². The van der Waals surface area contributed by atoms with Crippen molar-refractivity contribution in [2.24, 2.45) is 10.8 Å². The lowest BCUT2D eigenvalue weighted by Crippen LogP contribution is -2.60. The number of aliphatic hydroxyl groups excluding tert-OH is 4. The van der Waals surface area contributed by atoms with Crippen LogP contribution in [0.1, 0.15) is 64.9 Å². The molecule has 0 aromatic heterocycles. The van der Waals surface area contributed by atoms with Gasteiger partial charge in [-0.05, 0) is 28.5 Å². The lowest BCUT2D eigenvalue weighted by atomic mass is 9.65. The lowest BCUT2D eigenvalue weighted by molar-refractivity contribution is -0.277. The van der Waals surface area contributed by atoms with Gasteiger partial charge in [0.25, 0.3) is 0 Å². The molecule has 4 aliphatic rings. The van der Waals surface area contributed by atoms with E-state index in [0.717, 1.165) is 0 Å². The van der Waals surface area contributed by atoms with Crippen LogP contribution in [0.15, 0.2) is 40.9 Å². The molecule has 0 saturated carbocycles. The van der Waals surface area contributed by atoms with Gasteiger partial charge in [-0.15, -0.1) is 0 Å². The van der Waals surface area contributed by atoms with Crippen LogP contribution in [0.4, 0.5) is 0 Å². The second-order valence-electron chi connectivity index (χ2n) is 12.8. The van der Waals surface area contributed by atoms with Crippen molar-refractivity contribution in [3.63, 3.8) is 0 Å². The Bertz CT molecular complexity index is 1220. The smallest absolute Gasteiger partial charge is 0.229 e. The third kappa shape index (κ3) is 5.07. The molecule has 5 rings (SSSR count). The van der Waals surface area contributed by atoms with Crippen LogP contribution in [0.25, 0.3) is 0 Å². The minimum atomic E-state index is -1.60. The minimum absolute atomic E-state index is 0.0546. The quantitative estimate of drug-likeness (QED) is 0.424. The van der Waals surface area contributed by atoms with Gasteiger partial charge in [0, 0.05) is 42.7 Å². The maximum atomic E-state index is 13.5. The van der Waals surface area contributed by atoms with Crippen LogP contribution in [0.5, 0.6) is 11.5 Å². The summed E-state index contributed by atoms with van der Waals surface area (Å²) >= 11 is 0. The first kappa shape index (κ1) is 28.8. The molecule has 1 saturated heterocycles. The molecule has 1 aromatic rings. The summed E-state index contributed by atoms with van der Waals surface area (Å²) in [6.07, 6.45) is -5.41. The molecule has 2 heterocycles. The second-order valence-corrected chi connectivity index (χ2v) is 12.8. The molecule has 2 unspecified atom stereocenters. The highest BCUT2D eigenvalue weighted by Crippen LogP contribution is 2.53. The number of hydrogen-bond donors (Lipinski definition) is 4. The molecule has 4 N–H and O–H groups in total. The Kier molecular flexibility index (Phi) is 7.37. The maximum Gasteiger partial charge on any atom is 0.229 e. The van der Waals surface area contributed by atoms with Gasteiger partial charge in [-0.2, -0.15) is 0 Å². The van der Waals surface area contributed by atoms with Crippen molar-refractivity contribution in [3.05, 3.63) is 46.4 Å². The van der Waals surface area contributed by atoms with Crippen LogP contribution in [0, 0.1) is 10.8 Å². The van der Waals surface area contributed by atoms with E-state index in [1.807, 2.05) is 27.7 Å². The van der Waals surface area contributed by atoms with Crippen molar-refractivity contribution >= 4 is 11.6 Å². The topological polar surface area (TPSA) is 152 Å². The Morgan fingerprint density at radius 2 is 1.43 bits per heavy atom. The number of carbonyl (C=O) groups excluding carboxylic acids is 2. The van der Waals surface area contributed by atoms with Crippen LogP contribution in [0.3, 0.4) is 0 Å². The molecular formula is C30H38O10. The zero-order valence-corrected chi connectivity index (χ0v) is 23.5. The first-order chi connectivity index (χ1) is 18.7. The number of Topliss-reactive ketones (excluding diaryl/α,β-unsaturated/α-hetero) is 2. The van der Waals surface area contributed by atoms with Gasteiger partial charge >= 0.3 is 0 Å². The molecule has 218 valence electrons. The Balaban J connectivity index is 1.55. The maximum absolute atomic E-state index is 13.5. The van der Waals surface area contributed by atoms with Crippen LogP contribution in [0.2, 0.25) is 0 Å². The molecular weight excluding hydrogens is 520 g/mol. The van der Waals surface area contributed by atoms with E-state index in [2.05, 4.69) is 0 Å². The number of aliphatic hydroxyl groups is 4. The highest BCUT2D eigenvalue weighted by molar-refractivity contribution is 6.06. The summed E-state index contributed by atoms with van der Waals surface area (Å²) in [5.41, 5.74) is 1.11. The van der Waals surface area contributed by atoms with Crippen molar-refractivity contribution < 1.29 is 49.0 Å². The van der Waals surface area contributed by atoms with Crippen LogP contribution in [-0.4, -0.2) is 76.4 Å². The van der Waals surface area contributed by atoms with Gasteiger partial charge in [0.05, 0.1) is 13.7 Å². The fraction of sp³-hybridized carbons (Fsp3) is 0.600. The number of benzene rings is 1. The van der Waals surface area contributed by atoms with Gasteiger partial charge in [-0.1, -0.05) is 33.8 Å². The molecule has 0 radical (unpaired) electrons. The predicted molar refractivity (Wildman–Crippen MR) is 141 cm³/mol. The number of allylic oxidation sites excluding steroid dienone is 4. The summed E-state index contributed by atoms with van der Waals surface area (Å²) in [7, 11) is 1.43. The molecule has 2 aliphatic heterocycles. The van der Waals surface area contributed by atoms with E-state index in [4.69, 9.17) is 18.9 Å². The third-order valence-electron chi connectivity index (χ3n) is 8.19. The van der Waals surface area contributed by atoms with Crippen molar-refractivity contribution in [3.8, 4) is 11.5 Å². The average molecular weight is 559 g/mol. The van der Waals surface area contributed by atoms with Gasteiger partial charge < -0.3 is 39.4 Å². The Morgan fingerprint density at radius 1 is 0.850 bits per heavy atom. The largest absolute Gasteiger partial charge is 0.493 e. The molecule has 10 heteroatoms. The van der Waals surface area contributed by atoms with Crippen molar-refractivity contribution in [2.45, 2.75) is 90.0 Å². The number of hydrogen-bond acceptors (Lipinski definition) is 10. The fourth-order valence-electron chi connectivity index (χ4n) is 6.26. The van der Waals surface area contributed by atoms with E-state index in [9.17, 15) is 30.0 Å². The molecule has 40 heavy (non-hydrogen) atoms. The summed E-state index contributed by atoms with van der Waals surface area (Å²) in [5, 5.41) is 40.1. The van der Waals surface area contributed by atoms with Gasteiger partial charge in [-0.3, -0.25) is 9.59 Å². The van der Waals surface area contributed by atoms with E-state index >= 15 is 0 Å². The van der Waals surface area contributed by atoms with Crippen LogP contribution < -0.4 is 9.47 Å². The summed E-state index contributed by atoms with van der Waals surface area (Å²) in [5.74, 6) is 0.895. The fourth-order valence-corrected chi connectivity index (χ4v) is 6.26. The predicted octanol–water partition coefficient (Wildman–Crippen LogP) is 2.27. The number of ketones is 2. The average Bonchev–Trinajstić information content (AvgIpc) is 2.86. The molecule has 2 aliphatic carbocycles. The second kappa shape index (κ2) is 10.3. The minimum Gasteiger partial charge on any atom is -0.493 e. The highest BCUT2D eigenvalue weighted by atomic mass is 16.7. The van der Waals surface area contributed by atoms with Gasteiger partial charge in [-0.25, -0.2) is 0 Å². The molecule has 10 nitrogen and oxygen atoms in total. The Morgan fingerprint density at radius 3 is 1.95 bits per heavy atom. The zero-order chi connectivity index (χ0) is 29.1. The molecule has 5 atom stereocenters. The molecule has 0 spiro atoms. The van der Waals surface area contributed by atoms with Crippen molar-refractivity contribution in [1.82, 2.24) is 0 Å². The normalized spacial score (nSPS) is 31.9. The van der Waals surface area contributed by atoms with Gasteiger partial charge in [0.2, 0.25) is 6.29 Å². The summed E-state index contributed by atoms with van der Waals surface area (Å²) in [6.45, 7) is 7.53. The van der Waals surface area contributed by atoms with Gasteiger partial charge in [0.15, 0.2) is 23.1 Å². The van der Waals surface area contributed by atoms with Crippen molar-refractivity contribution in [1.29, 1.82) is 0 Å². The third-order valence-corrected chi connectivity index (χ3v) is 8.19. The van der Waals surface area contributed by atoms with Crippen molar-refractivity contribution in [2.75, 3.05) is 13.7 Å².